The summed E-state index contributed by atoms with van der Waals surface area (Å²) in [5.41, 5.74) is 4.87. The highest BCUT2D eigenvalue weighted by atomic mass is 16.3. The average Bonchev–Trinajstić information content (AvgIpc) is 2.43. The summed E-state index contributed by atoms with van der Waals surface area (Å²) in [4.78, 5) is 0. The largest absolute Gasteiger partial charge is 0.508 e. The Bertz CT molecular complexity index is 632. The SMILES string of the molecule is Cc1c(O)ccc(N=Nc2ccc(O)c(C)c2C)c1C. The molecule has 0 atom stereocenters. The first-order valence-corrected chi connectivity index (χ1v) is 6.42. The van der Waals surface area contributed by atoms with Crippen LogP contribution >= 0.6 is 0 Å². The third kappa shape index (κ3) is 2.50. The number of hydrogen-bond donors (Lipinski definition) is 2. The van der Waals surface area contributed by atoms with Gasteiger partial charge < -0.3 is 10.2 Å². The predicted molar refractivity (Wildman–Crippen MR) is 79.3 cm³/mol. The van der Waals surface area contributed by atoms with E-state index in [2.05, 4.69) is 10.2 Å². The van der Waals surface area contributed by atoms with Gasteiger partial charge in [0.25, 0.3) is 0 Å². The fourth-order valence-corrected chi connectivity index (χ4v) is 1.91. The summed E-state index contributed by atoms with van der Waals surface area (Å²) in [5, 5.41) is 27.7. The predicted octanol–water partition coefficient (Wildman–Crippen LogP) is 4.75. The number of aromatic hydroxyl groups is 2. The number of hydrogen-bond acceptors (Lipinski definition) is 4. The van der Waals surface area contributed by atoms with Gasteiger partial charge in [-0.15, -0.1) is 0 Å². The average molecular weight is 270 g/mol. The molecule has 0 unspecified atom stereocenters. The minimum atomic E-state index is 0.262. The third-order valence-electron chi connectivity index (χ3n) is 3.73. The molecule has 0 aromatic heterocycles. The second-order valence-electron chi connectivity index (χ2n) is 4.91. The van der Waals surface area contributed by atoms with Crippen molar-refractivity contribution in [3.05, 3.63) is 46.5 Å². The van der Waals surface area contributed by atoms with E-state index in [0.717, 1.165) is 33.6 Å². The minimum absolute atomic E-state index is 0.262. The zero-order valence-corrected chi connectivity index (χ0v) is 12.1. The molecular formula is C16H18N2O2. The van der Waals surface area contributed by atoms with Crippen molar-refractivity contribution < 1.29 is 10.2 Å². The lowest BCUT2D eigenvalue weighted by Crippen LogP contribution is -1.83. The molecule has 0 amide bonds. The van der Waals surface area contributed by atoms with Crippen LogP contribution < -0.4 is 0 Å². The number of nitrogens with zero attached hydrogens (tertiary/aromatic N) is 2. The number of benzene rings is 2. The highest BCUT2D eigenvalue weighted by Crippen LogP contribution is 2.32. The Hall–Kier alpha value is -2.36. The van der Waals surface area contributed by atoms with E-state index >= 15 is 0 Å². The van der Waals surface area contributed by atoms with Gasteiger partial charge in [-0.1, -0.05) is 0 Å². The van der Waals surface area contributed by atoms with Gasteiger partial charge in [-0.2, -0.15) is 10.2 Å². The fraction of sp³-hybridized carbons (Fsp3) is 0.250. The highest BCUT2D eigenvalue weighted by molar-refractivity contribution is 5.56. The number of phenols is 2. The van der Waals surface area contributed by atoms with E-state index in [1.165, 1.54) is 0 Å². The van der Waals surface area contributed by atoms with E-state index in [1.807, 2.05) is 27.7 Å². The van der Waals surface area contributed by atoms with Crippen LogP contribution in [0.5, 0.6) is 11.5 Å². The van der Waals surface area contributed by atoms with Gasteiger partial charge in [0, 0.05) is 0 Å². The van der Waals surface area contributed by atoms with Gasteiger partial charge in [0.15, 0.2) is 0 Å². The molecule has 2 N–H and O–H groups in total. The van der Waals surface area contributed by atoms with Crippen molar-refractivity contribution in [1.29, 1.82) is 0 Å². The van der Waals surface area contributed by atoms with Gasteiger partial charge in [0.05, 0.1) is 11.4 Å². The Morgan fingerprint density at radius 2 is 0.950 bits per heavy atom. The van der Waals surface area contributed by atoms with Gasteiger partial charge in [-0.05, 0) is 74.2 Å². The Kier molecular flexibility index (Phi) is 3.74. The summed E-state index contributed by atoms with van der Waals surface area (Å²) >= 11 is 0. The van der Waals surface area contributed by atoms with Crippen molar-refractivity contribution in [2.24, 2.45) is 10.2 Å². The number of rotatable bonds is 2. The smallest absolute Gasteiger partial charge is 0.118 e. The molecule has 0 heterocycles. The fourth-order valence-electron chi connectivity index (χ4n) is 1.91. The molecule has 0 fully saturated rings. The van der Waals surface area contributed by atoms with Crippen LogP contribution in [0, 0.1) is 27.7 Å². The van der Waals surface area contributed by atoms with Crippen molar-refractivity contribution in [3.8, 4) is 11.5 Å². The van der Waals surface area contributed by atoms with Crippen molar-refractivity contribution in [1.82, 2.24) is 0 Å². The van der Waals surface area contributed by atoms with Crippen LogP contribution in [0.1, 0.15) is 22.3 Å². The Morgan fingerprint density at radius 3 is 1.30 bits per heavy atom. The highest BCUT2D eigenvalue weighted by Gasteiger charge is 2.07. The van der Waals surface area contributed by atoms with Crippen LogP contribution in [0.15, 0.2) is 34.5 Å². The van der Waals surface area contributed by atoms with Gasteiger partial charge in [-0.25, -0.2) is 0 Å². The van der Waals surface area contributed by atoms with Crippen molar-refractivity contribution in [3.63, 3.8) is 0 Å². The molecule has 2 rings (SSSR count). The lowest BCUT2D eigenvalue weighted by Gasteiger charge is -2.07. The van der Waals surface area contributed by atoms with Crippen LogP contribution in [0.25, 0.3) is 0 Å². The summed E-state index contributed by atoms with van der Waals surface area (Å²) < 4.78 is 0. The van der Waals surface area contributed by atoms with Crippen LogP contribution in [0.4, 0.5) is 11.4 Å². The topological polar surface area (TPSA) is 65.2 Å². The Morgan fingerprint density at radius 1 is 0.600 bits per heavy atom. The van der Waals surface area contributed by atoms with Crippen molar-refractivity contribution in [2.45, 2.75) is 27.7 Å². The second-order valence-corrected chi connectivity index (χ2v) is 4.91. The first kappa shape index (κ1) is 14.1. The molecule has 0 saturated carbocycles. The van der Waals surface area contributed by atoms with Gasteiger partial charge in [0.1, 0.15) is 11.5 Å². The van der Waals surface area contributed by atoms with E-state index in [1.54, 1.807) is 24.3 Å². The van der Waals surface area contributed by atoms with E-state index in [4.69, 9.17) is 0 Å². The first-order chi connectivity index (χ1) is 9.41. The van der Waals surface area contributed by atoms with Crippen LogP contribution in [0.2, 0.25) is 0 Å². The molecular weight excluding hydrogens is 252 g/mol. The maximum atomic E-state index is 9.62. The van der Waals surface area contributed by atoms with Crippen LogP contribution in [-0.2, 0) is 0 Å². The number of phenolic OH excluding ortho intramolecular Hbond substituents is 2. The zero-order valence-electron chi connectivity index (χ0n) is 12.1. The molecule has 0 spiro atoms. The Balaban J connectivity index is 2.40. The minimum Gasteiger partial charge on any atom is -0.508 e. The Labute approximate surface area is 118 Å². The van der Waals surface area contributed by atoms with Crippen LogP contribution in [0.3, 0.4) is 0 Å². The molecule has 0 bridgehead atoms. The van der Waals surface area contributed by atoms with Gasteiger partial charge >= 0.3 is 0 Å². The summed E-state index contributed by atoms with van der Waals surface area (Å²) in [7, 11) is 0. The van der Waals surface area contributed by atoms with Crippen LogP contribution in [-0.4, -0.2) is 10.2 Å². The maximum Gasteiger partial charge on any atom is 0.118 e. The maximum absolute atomic E-state index is 9.62. The normalized spacial score (nSPS) is 11.2. The van der Waals surface area contributed by atoms with E-state index < -0.39 is 0 Å². The lowest BCUT2D eigenvalue weighted by atomic mass is 10.1. The molecule has 0 aliphatic rings. The molecule has 4 heteroatoms. The molecule has 2 aromatic carbocycles. The third-order valence-corrected chi connectivity index (χ3v) is 3.73. The standard InChI is InChI=1S/C16H18N2O2/c1-9-11(3)15(19)7-5-13(9)17-18-14-6-8-16(20)12(4)10(14)2/h5-8,19-20H,1-4H3. The molecule has 0 aliphatic heterocycles. The first-order valence-electron chi connectivity index (χ1n) is 6.42. The second kappa shape index (κ2) is 5.33. The molecule has 20 heavy (non-hydrogen) atoms. The molecule has 104 valence electrons. The van der Waals surface area contributed by atoms with Gasteiger partial charge in [0.2, 0.25) is 0 Å². The lowest BCUT2D eigenvalue weighted by molar-refractivity contribution is 0.470. The summed E-state index contributed by atoms with van der Waals surface area (Å²) in [6, 6.07) is 6.71. The molecule has 0 saturated heterocycles. The zero-order chi connectivity index (χ0) is 14.9. The van der Waals surface area contributed by atoms with E-state index in [-0.39, 0.29) is 11.5 Å². The van der Waals surface area contributed by atoms with Crippen molar-refractivity contribution >= 4 is 11.4 Å². The number of azo groups is 1. The van der Waals surface area contributed by atoms with E-state index in [0.29, 0.717) is 0 Å². The molecule has 0 aliphatic carbocycles. The summed E-state index contributed by atoms with van der Waals surface area (Å²) in [6.07, 6.45) is 0. The monoisotopic (exact) mass is 270 g/mol. The summed E-state index contributed by atoms with van der Waals surface area (Å²) in [5.74, 6) is 0.524. The summed E-state index contributed by atoms with van der Waals surface area (Å²) in [6.45, 7) is 7.50. The quantitative estimate of drug-likeness (QED) is 0.773. The van der Waals surface area contributed by atoms with Crippen molar-refractivity contribution in [2.75, 3.05) is 0 Å². The van der Waals surface area contributed by atoms with Gasteiger partial charge in [-0.3, -0.25) is 0 Å². The molecule has 0 radical (unpaired) electrons. The van der Waals surface area contributed by atoms with E-state index in [9.17, 15) is 10.2 Å². The molecule has 4 nitrogen and oxygen atoms in total. The molecule has 2 aromatic rings.